The summed E-state index contributed by atoms with van der Waals surface area (Å²) in [5, 5.41) is 3.53. The molecule has 35 heavy (non-hydrogen) atoms. The maximum atomic E-state index is 13.6. The van der Waals surface area contributed by atoms with Gasteiger partial charge in [0.05, 0.1) is 29.1 Å². The van der Waals surface area contributed by atoms with Gasteiger partial charge in [0.1, 0.15) is 18.3 Å². The number of nitrogens with zero attached hydrogens (tertiary/aromatic N) is 2. The van der Waals surface area contributed by atoms with Crippen LogP contribution in [-0.2, 0) is 26.2 Å². The molecule has 0 radical (unpaired) electrons. The fraction of sp³-hybridized carbons (Fsp3) is 0.417. The van der Waals surface area contributed by atoms with Crippen LogP contribution in [-0.4, -0.2) is 57.1 Å². The van der Waals surface area contributed by atoms with Crippen molar-refractivity contribution in [2.45, 2.75) is 45.8 Å². The van der Waals surface area contributed by atoms with Crippen molar-refractivity contribution in [3.63, 3.8) is 0 Å². The van der Waals surface area contributed by atoms with Crippen molar-refractivity contribution in [1.29, 1.82) is 0 Å². The normalized spacial score (nSPS) is 13.0. The van der Waals surface area contributed by atoms with E-state index in [-0.39, 0.29) is 24.2 Å². The van der Waals surface area contributed by atoms with Crippen molar-refractivity contribution in [3.05, 3.63) is 58.1 Å². The summed E-state index contributed by atoms with van der Waals surface area (Å²) >= 11 is 12.2. The van der Waals surface area contributed by atoms with Crippen molar-refractivity contribution < 1.29 is 22.7 Å². The van der Waals surface area contributed by atoms with E-state index in [1.165, 1.54) is 12.0 Å². The van der Waals surface area contributed by atoms with Crippen LogP contribution < -0.4 is 14.4 Å². The monoisotopic (exact) mass is 543 g/mol. The van der Waals surface area contributed by atoms with Crippen LogP contribution in [0.5, 0.6) is 5.75 Å². The third kappa shape index (κ3) is 7.75. The Morgan fingerprint density at radius 2 is 1.74 bits per heavy atom. The molecule has 0 saturated heterocycles. The second kappa shape index (κ2) is 12.5. The standard InChI is InChI=1S/C24H31Cl2N3O5S/c1-6-16(2)27-24(31)17(3)28(14-18-11-12-19(25)20(26)13-18)23(30)15-29(35(5,32)33)21-9-7-8-10-22(21)34-4/h7-13,16-17H,6,14-15H2,1-5H3,(H,27,31)/t16-,17-/m0/s1. The molecule has 2 atom stereocenters. The number of sulfonamides is 1. The van der Waals surface area contributed by atoms with E-state index in [2.05, 4.69) is 5.32 Å². The van der Waals surface area contributed by atoms with Crippen LogP contribution in [0.4, 0.5) is 5.69 Å². The Morgan fingerprint density at radius 3 is 2.31 bits per heavy atom. The van der Waals surface area contributed by atoms with Gasteiger partial charge in [-0.05, 0) is 50.1 Å². The van der Waals surface area contributed by atoms with Gasteiger partial charge in [0.15, 0.2) is 0 Å². The van der Waals surface area contributed by atoms with E-state index in [1.807, 2.05) is 13.8 Å². The molecule has 192 valence electrons. The van der Waals surface area contributed by atoms with E-state index >= 15 is 0 Å². The molecule has 2 amide bonds. The molecule has 8 nitrogen and oxygen atoms in total. The van der Waals surface area contributed by atoms with E-state index in [4.69, 9.17) is 27.9 Å². The number of halogens is 2. The quantitative estimate of drug-likeness (QED) is 0.460. The van der Waals surface area contributed by atoms with Crippen LogP contribution in [0.25, 0.3) is 0 Å². The molecule has 0 fully saturated rings. The molecular weight excluding hydrogens is 513 g/mol. The van der Waals surface area contributed by atoms with E-state index in [0.717, 1.165) is 17.0 Å². The van der Waals surface area contributed by atoms with E-state index in [0.29, 0.717) is 21.4 Å². The first-order chi connectivity index (χ1) is 16.4. The van der Waals surface area contributed by atoms with Crippen LogP contribution in [0.3, 0.4) is 0 Å². The van der Waals surface area contributed by atoms with E-state index in [1.54, 1.807) is 49.4 Å². The van der Waals surface area contributed by atoms with Crippen LogP contribution in [0.2, 0.25) is 10.0 Å². The number of rotatable bonds is 11. The Bertz CT molecular complexity index is 1160. The molecule has 2 aromatic carbocycles. The highest BCUT2D eigenvalue weighted by Gasteiger charge is 2.31. The number of hydrogen-bond acceptors (Lipinski definition) is 5. The van der Waals surface area contributed by atoms with Gasteiger partial charge in [-0.25, -0.2) is 8.42 Å². The highest BCUT2D eigenvalue weighted by atomic mass is 35.5. The first kappa shape index (κ1) is 28.7. The maximum absolute atomic E-state index is 13.6. The number of carbonyl (C=O) groups is 2. The number of anilines is 1. The lowest BCUT2D eigenvalue weighted by Gasteiger charge is -2.32. The molecule has 11 heteroatoms. The minimum atomic E-state index is -3.87. The Morgan fingerprint density at radius 1 is 1.09 bits per heavy atom. The van der Waals surface area contributed by atoms with Gasteiger partial charge in [0, 0.05) is 12.6 Å². The van der Waals surface area contributed by atoms with Crippen LogP contribution >= 0.6 is 23.2 Å². The summed E-state index contributed by atoms with van der Waals surface area (Å²) in [6, 6.07) is 10.4. The SMILES string of the molecule is CC[C@H](C)NC(=O)[C@H](C)N(Cc1ccc(Cl)c(Cl)c1)C(=O)CN(c1ccccc1OC)S(C)(=O)=O. The zero-order valence-corrected chi connectivity index (χ0v) is 22.7. The third-order valence-electron chi connectivity index (χ3n) is 5.54. The molecule has 0 aliphatic heterocycles. The molecule has 0 bridgehead atoms. The highest BCUT2D eigenvalue weighted by Crippen LogP contribution is 2.30. The second-order valence-corrected chi connectivity index (χ2v) is 10.9. The number of methoxy groups -OCH3 is 1. The lowest BCUT2D eigenvalue weighted by atomic mass is 10.1. The van der Waals surface area contributed by atoms with Gasteiger partial charge >= 0.3 is 0 Å². The minimum absolute atomic E-state index is 0.0222. The summed E-state index contributed by atoms with van der Waals surface area (Å²) in [6.45, 7) is 4.89. The average molecular weight is 545 g/mol. The van der Waals surface area contributed by atoms with Crippen molar-refractivity contribution in [1.82, 2.24) is 10.2 Å². The molecule has 0 unspecified atom stereocenters. The Kier molecular flexibility index (Phi) is 10.2. The second-order valence-electron chi connectivity index (χ2n) is 8.21. The Hall–Kier alpha value is -2.49. The van der Waals surface area contributed by atoms with Crippen molar-refractivity contribution in [2.75, 3.05) is 24.2 Å². The topological polar surface area (TPSA) is 96.0 Å². The molecular formula is C24H31Cl2N3O5S. The Labute approximate surface area is 217 Å². The number of ether oxygens (including phenoxy) is 1. The molecule has 0 heterocycles. The smallest absolute Gasteiger partial charge is 0.244 e. The molecule has 2 rings (SSSR count). The molecule has 1 N–H and O–H groups in total. The lowest BCUT2D eigenvalue weighted by molar-refractivity contribution is -0.139. The molecule has 0 aliphatic carbocycles. The Balaban J connectivity index is 2.45. The predicted molar refractivity (Wildman–Crippen MR) is 140 cm³/mol. The van der Waals surface area contributed by atoms with Gasteiger partial charge in [-0.15, -0.1) is 0 Å². The summed E-state index contributed by atoms with van der Waals surface area (Å²) < 4.78 is 31.6. The average Bonchev–Trinajstić information content (AvgIpc) is 2.81. The number of benzene rings is 2. The molecule has 0 spiro atoms. The van der Waals surface area contributed by atoms with Crippen LogP contribution in [0.1, 0.15) is 32.8 Å². The number of hydrogen-bond donors (Lipinski definition) is 1. The zero-order valence-electron chi connectivity index (χ0n) is 20.4. The summed E-state index contributed by atoms with van der Waals surface area (Å²) in [6.07, 6.45) is 1.73. The molecule has 0 saturated carbocycles. The van der Waals surface area contributed by atoms with Crippen molar-refractivity contribution in [3.8, 4) is 5.75 Å². The summed E-state index contributed by atoms with van der Waals surface area (Å²) in [7, 11) is -2.45. The van der Waals surface area contributed by atoms with Crippen molar-refractivity contribution in [2.24, 2.45) is 0 Å². The molecule has 2 aromatic rings. The maximum Gasteiger partial charge on any atom is 0.244 e. The highest BCUT2D eigenvalue weighted by molar-refractivity contribution is 7.92. The summed E-state index contributed by atoms with van der Waals surface area (Å²) in [5.74, 6) is -0.625. The van der Waals surface area contributed by atoms with E-state index < -0.39 is 28.5 Å². The largest absolute Gasteiger partial charge is 0.495 e. The minimum Gasteiger partial charge on any atom is -0.495 e. The predicted octanol–water partition coefficient (Wildman–Crippen LogP) is 4.10. The number of amides is 2. The van der Waals surface area contributed by atoms with Gasteiger partial charge < -0.3 is 15.0 Å². The van der Waals surface area contributed by atoms with E-state index in [9.17, 15) is 18.0 Å². The zero-order chi connectivity index (χ0) is 26.3. The summed E-state index contributed by atoms with van der Waals surface area (Å²) in [4.78, 5) is 27.8. The first-order valence-corrected chi connectivity index (χ1v) is 13.6. The summed E-state index contributed by atoms with van der Waals surface area (Å²) in [5.41, 5.74) is 0.858. The van der Waals surface area contributed by atoms with Crippen LogP contribution in [0, 0.1) is 0 Å². The third-order valence-corrected chi connectivity index (χ3v) is 7.40. The van der Waals surface area contributed by atoms with Crippen LogP contribution in [0.15, 0.2) is 42.5 Å². The van der Waals surface area contributed by atoms with Crippen molar-refractivity contribution >= 4 is 50.7 Å². The van der Waals surface area contributed by atoms with Gasteiger partial charge in [0.2, 0.25) is 21.8 Å². The lowest BCUT2D eigenvalue weighted by Crippen LogP contribution is -2.52. The van der Waals surface area contributed by atoms with Gasteiger partial charge in [-0.3, -0.25) is 13.9 Å². The van der Waals surface area contributed by atoms with Gasteiger partial charge in [0.25, 0.3) is 0 Å². The number of para-hydroxylation sites is 2. The fourth-order valence-electron chi connectivity index (χ4n) is 3.31. The molecule has 0 aliphatic rings. The number of carbonyl (C=O) groups excluding carboxylic acids is 2. The fourth-order valence-corrected chi connectivity index (χ4v) is 4.49. The van der Waals surface area contributed by atoms with Gasteiger partial charge in [-0.2, -0.15) is 0 Å². The molecule has 0 aromatic heterocycles. The first-order valence-electron chi connectivity index (χ1n) is 11.0. The van der Waals surface area contributed by atoms with Gasteiger partial charge in [-0.1, -0.05) is 48.3 Å². The number of nitrogens with one attached hydrogen (secondary N) is 1.